The van der Waals surface area contributed by atoms with Gasteiger partial charge in [0.25, 0.3) is 0 Å². The standard InChI is InChI=1S/C15H22O/c1-4-12-14(11-8-6-5-7-9-11)13(10(2)3)15(12)16/h5-10,12-16H,4H2,1-3H3. The molecule has 1 fully saturated rings. The second-order valence-electron chi connectivity index (χ2n) is 5.32. The molecule has 0 spiro atoms. The van der Waals surface area contributed by atoms with Crippen LogP contribution >= 0.6 is 0 Å². The second-order valence-corrected chi connectivity index (χ2v) is 5.32. The Balaban J connectivity index is 2.24. The molecule has 1 N–H and O–H groups in total. The molecule has 88 valence electrons. The third-order valence-corrected chi connectivity index (χ3v) is 4.13. The van der Waals surface area contributed by atoms with Crippen LogP contribution < -0.4 is 0 Å². The molecule has 0 aliphatic heterocycles. The first kappa shape index (κ1) is 11.7. The first-order chi connectivity index (χ1) is 7.66. The zero-order valence-corrected chi connectivity index (χ0v) is 10.4. The van der Waals surface area contributed by atoms with Gasteiger partial charge >= 0.3 is 0 Å². The van der Waals surface area contributed by atoms with Crippen LogP contribution in [0.2, 0.25) is 0 Å². The predicted octanol–water partition coefficient (Wildman–Crippen LogP) is 3.44. The summed E-state index contributed by atoms with van der Waals surface area (Å²) >= 11 is 0. The first-order valence-corrected chi connectivity index (χ1v) is 6.39. The lowest BCUT2D eigenvalue weighted by molar-refractivity contribution is -0.0877. The molecular weight excluding hydrogens is 196 g/mol. The number of aliphatic hydroxyl groups excluding tert-OH is 1. The van der Waals surface area contributed by atoms with Crippen LogP contribution in [0.5, 0.6) is 0 Å². The Bertz CT molecular complexity index is 331. The molecule has 1 aromatic carbocycles. The van der Waals surface area contributed by atoms with Gasteiger partial charge in [-0.1, -0.05) is 57.5 Å². The molecule has 0 bridgehead atoms. The summed E-state index contributed by atoms with van der Waals surface area (Å²) in [6.45, 7) is 6.62. The van der Waals surface area contributed by atoms with Gasteiger partial charge in [0.1, 0.15) is 0 Å². The summed E-state index contributed by atoms with van der Waals surface area (Å²) in [6, 6.07) is 10.7. The molecule has 0 radical (unpaired) electrons. The van der Waals surface area contributed by atoms with Gasteiger partial charge in [-0.15, -0.1) is 0 Å². The van der Waals surface area contributed by atoms with Crippen molar-refractivity contribution in [3.8, 4) is 0 Å². The highest BCUT2D eigenvalue weighted by atomic mass is 16.3. The number of hydrogen-bond acceptors (Lipinski definition) is 1. The maximum absolute atomic E-state index is 10.2. The molecule has 1 heteroatoms. The van der Waals surface area contributed by atoms with Crippen molar-refractivity contribution >= 4 is 0 Å². The molecule has 0 amide bonds. The second kappa shape index (κ2) is 4.58. The van der Waals surface area contributed by atoms with Gasteiger partial charge in [-0.3, -0.25) is 0 Å². The van der Waals surface area contributed by atoms with Crippen LogP contribution in [-0.2, 0) is 0 Å². The summed E-state index contributed by atoms with van der Waals surface area (Å²) in [5.74, 6) is 2.01. The molecule has 1 aliphatic rings. The van der Waals surface area contributed by atoms with E-state index in [9.17, 15) is 5.11 Å². The molecule has 1 aliphatic carbocycles. The van der Waals surface area contributed by atoms with Crippen molar-refractivity contribution in [1.29, 1.82) is 0 Å². The van der Waals surface area contributed by atoms with Crippen molar-refractivity contribution in [2.24, 2.45) is 17.8 Å². The van der Waals surface area contributed by atoms with E-state index in [1.807, 2.05) is 0 Å². The molecule has 16 heavy (non-hydrogen) atoms. The number of aliphatic hydroxyl groups is 1. The molecule has 4 atom stereocenters. The summed E-state index contributed by atoms with van der Waals surface area (Å²) in [5, 5.41) is 10.2. The van der Waals surface area contributed by atoms with Gasteiger partial charge in [-0.25, -0.2) is 0 Å². The van der Waals surface area contributed by atoms with Gasteiger partial charge in [0.05, 0.1) is 6.10 Å². The average molecular weight is 218 g/mol. The Morgan fingerprint density at radius 2 is 1.81 bits per heavy atom. The van der Waals surface area contributed by atoms with E-state index in [1.54, 1.807) is 0 Å². The lowest BCUT2D eigenvalue weighted by atomic mass is 9.55. The van der Waals surface area contributed by atoms with E-state index in [0.717, 1.165) is 6.42 Å². The van der Waals surface area contributed by atoms with E-state index in [-0.39, 0.29) is 6.10 Å². The van der Waals surface area contributed by atoms with Gasteiger partial charge in [-0.05, 0) is 29.2 Å². The van der Waals surface area contributed by atoms with E-state index < -0.39 is 0 Å². The lowest BCUT2D eigenvalue weighted by Gasteiger charge is -2.52. The largest absolute Gasteiger partial charge is 0.392 e. The topological polar surface area (TPSA) is 20.2 Å². The van der Waals surface area contributed by atoms with E-state index in [4.69, 9.17) is 0 Å². The number of rotatable bonds is 3. The number of hydrogen-bond donors (Lipinski definition) is 1. The quantitative estimate of drug-likeness (QED) is 0.824. The van der Waals surface area contributed by atoms with Crippen LogP contribution in [0.15, 0.2) is 30.3 Å². The summed E-state index contributed by atoms with van der Waals surface area (Å²) in [7, 11) is 0. The van der Waals surface area contributed by atoms with Crippen LogP contribution in [0.1, 0.15) is 38.7 Å². The predicted molar refractivity (Wildman–Crippen MR) is 67.3 cm³/mol. The average Bonchev–Trinajstić information content (AvgIpc) is 2.27. The van der Waals surface area contributed by atoms with Crippen LogP contribution in [0.4, 0.5) is 0 Å². The minimum atomic E-state index is -0.102. The van der Waals surface area contributed by atoms with Gasteiger partial charge in [0, 0.05) is 0 Å². The normalized spacial score (nSPS) is 33.8. The van der Waals surface area contributed by atoms with Crippen LogP contribution in [-0.4, -0.2) is 11.2 Å². The molecular formula is C15H22O. The molecule has 1 saturated carbocycles. The highest BCUT2D eigenvalue weighted by Crippen LogP contribution is 2.52. The first-order valence-electron chi connectivity index (χ1n) is 6.39. The Morgan fingerprint density at radius 1 is 1.19 bits per heavy atom. The Hall–Kier alpha value is -0.820. The summed E-state index contributed by atoms with van der Waals surface area (Å²) in [6.07, 6.45) is 0.972. The minimum Gasteiger partial charge on any atom is -0.392 e. The van der Waals surface area contributed by atoms with Crippen molar-refractivity contribution in [1.82, 2.24) is 0 Å². The van der Waals surface area contributed by atoms with Crippen molar-refractivity contribution in [3.05, 3.63) is 35.9 Å². The Kier molecular flexibility index (Phi) is 3.34. The van der Waals surface area contributed by atoms with Crippen molar-refractivity contribution in [2.45, 2.75) is 39.2 Å². The maximum atomic E-state index is 10.2. The van der Waals surface area contributed by atoms with E-state index in [0.29, 0.717) is 23.7 Å². The summed E-state index contributed by atoms with van der Waals surface area (Å²) in [4.78, 5) is 0. The smallest absolute Gasteiger partial charge is 0.0610 e. The minimum absolute atomic E-state index is 0.102. The fourth-order valence-electron chi connectivity index (χ4n) is 3.30. The van der Waals surface area contributed by atoms with Crippen LogP contribution in [0.3, 0.4) is 0 Å². The number of benzene rings is 1. The molecule has 0 heterocycles. The Morgan fingerprint density at radius 3 is 2.31 bits per heavy atom. The van der Waals surface area contributed by atoms with Crippen LogP contribution in [0.25, 0.3) is 0 Å². The molecule has 1 nitrogen and oxygen atoms in total. The molecule has 1 aromatic rings. The van der Waals surface area contributed by atoms with Crippen molar-refractivity contribution in [3.63, 3.8) is 0 Å². The van der Waals surface area contributed by atoms with Gasteiger partial charge < -0.3 is 5.11 Å². The zero-order chi connectivity index (χ0) is 11.7. The summed E-state index contributed by atoms with van der Waals surface area (Å²) < 4.78 is 0. The fourth-order valence-corrected chi connectivity index (χ4v) is 3.30. The maximum Gasteiger partial charge on any atom is 0.0610 e. The monoisotopic (exact) mass is 218 g/mol. The van der Waals surface area contributed by atoms with E-state index >= 15 is 0 Å². The van der Waals surface area contributed by atoms with Crippen LogP contribution in [0, 0.1) is 17.8 Å². The molecule has 0 saturated heterocycles. The molecule has 0 aromatic heterocycles. The van der Waals surface area contributed by atoms with Crippen molar-refractivity contribution in [2.75, 3.05) is 0 Å². The highest BCUT2D eigenvalue weighted by molar-refractivity contribution is 5.26. The SMILES string of the molecule is CCC1C(O)C(C(C)C)C1c1ccccc1. The highest BCUT2D eigenvalue weighted by Gasteiger charge is 2.49. The summed E-state index contributed by atoms with van der Waals surface area (Å²) in [5.41, 5.74) is 1.40. The molecule has 2 rings (SSSR count). The van der Waals surface area contributed by atoms with Gasteiger partial charge in [0.15, 0.2) is 0 Å². The van der Waals surface area contributed by atoms with E-state index in [1.165, 1.54) is 5.56 Å². The zero-order valence-electron chi connectivity index (χ0n) is 10.4. The third kappa shape index (κ3) is 1.78. The van der Waals surface area contributed by atoms with E-state index in [2.05, 4.69) is 51.1 Å². The Labute approximate surface area is 98.5 Å². The van der Waals surface area contributed by atoms with Crippen molar-refractivity contribution < 1.29 is 5.11 Å². The fraction of sp³-hybridized carbons (Fsp3) is 0.600. The third-order valence-electron chi connectivity index (χ3n) is 4.13. The van der Waals surface area contributed by atoms with Gasteiger partial charge in [-0.2, -0.15) is 0 Å². The molecule has 4 unspecified atom stereocenters. The lowest BCUT2D eigenvalue weighted by Crippen LogP contribution is -2.51. The van der Waals surface area contributed by atoms with Gasteiger partial charge in [0.2, 0.25) is 0 Å².